The summed E-state index contributed by atoms with van der Waals surface area (Å²) in [5.74, 6) is 0.725. The number of aryl methyl sites for hydroxylation is 2. The molecule has 0 radical (unpaired) electrons. The second-order valence-electron chi connectivity index (χ2n) is 9.16. The van der Waals surface area contributed by atoms with Crippen molar-refractivity contribution in [2.75, 3.05) is 20.3 Å². The molecule has 8 heteroatoms. The number of amides is 2. The Hall–Kier alpha value is -3.45. The molecule has 0 aliphatic carbocycles. The fourth-order valence-electron chi connectivity index (χ4n) is 4.59. The average Bonchev–Trinajstić information content (AvgIpc) is 3.01. The third kappa shape index (κ3) is 5.51. The van der Waals surface area contributed by atoms with Gasteiger partial charge in [-0.15, -0.1) is 0 Å². The average molecular weight is 510 g/mol. The Morgan fingerprint density at radius 2 is 1.97 bits per heavy atom. The zero-order chi connectivity index (χ0) is 25.8. The Morgan fingerprint density at radius 3 is 2.72 bits per heavy atom. The van der Waals surface area contributed by atoms with E-state index in [4.69, 9.17) is 21.1 Å². The van der Waals surface area contributed by atoms with E-state index in [1.165, 1.54) is 0 Å². The van der Waals surface area contributed by atoms with Gasteiger partial charge >= 0.3 is 0 Å². The van der Waals surface area contributed by atoms with Crippen LogP contribution in [0.5, 0.6) is 11.5 Å². The number of halogens is 1. The first kappa shape index (κ1) is 25.6. The maximum Gasteiger partial charge on any atom is 0.254 e. The van der Waals surface area contributed by atoms with Crippen molar-refractivity contribution in [1.82, 2.24) is 15.2 Å². The molecule has 0 saturated carbocycles. The molecule has 36 heavy (non-hydrogen) atoms. The fourth-order valence-corrected chi connectivity index (χ4v) is 4.64. The van der Waals surface area contributed by atoms with Gasteiger partial charge in [0.05, 0.1) is 7.11 Å². The summed E-state index contributed by atoms with van der Waals surface area (Å²) in [7, 11) is 1.56. The number of H-pyrrole nitrogens is 1. The van der Waals surface area contributed by atoms with E-state index in [9.17, 15) is 9.59 Å². The molecule has 1 atom stereocenters. The monoisotopic (exact) mass is 509 g/mol. The molecule has 1 aromatic heterocycles. The summed E-state index contributed by atoms with van der Waals surface area (Å²) in [5, 5.41) is 4.33. The molecule has 1 aliphatic heterocycles. The molecule has 0 unspecified atom stereocenters. The summed E-state index contributed by atoms with van der Waals surface area (Å²) in [5.41, 5.74) is 4.52. The fraction of sp³-hybridized carbons (Fsp3) is 0.357. The number of aromatic nitrogens is 1. The van der Waals surface area contributed by atoms with E-state index in [0.29, 0.717) is 35.1 Å². The Balaban J connectivity index is 1.71. The van der Waals surface area contributed by atoms with Gasteiger partial charge in [0.1, 0.15) is 12.6 Å². The van der Waals surface area contributed by atoms with E-state index < -0.39 is 6.04 Å². The summed E-state index contributed by atoms with van der Waals surface area (Å²) >= 11 is 5.88. The van der Waals surface area contributed by atoms with Crippen molar-refractivity contribution in [2.24, 2.45) is 0 Å². The highest BCUT2D eigenvalue weighted by Crippen LogP contribution is 2.31. The van der Waals surface area contributed by atoms with E-state index in [1.54, 1.807) is 18.1 Å². The first-order valence-electron chi connectivity index (χ1n) is 12.1. The van der Waals surface area contributed by atoms with Gasteiger partial charge in [-0.2, -0.15) is 0 Å². The van der Waals surface area contributed by atoms with E-state index in [2.05, 4.69) is 16.9 Å². The lowest BCUT2D eigenvalue weighted by Crippen LogP contribution is -2.48. The molecule has 2 amide bonds. The number of nitrogens with zero attached hydrogens (tertiary/aromatic N) is 1. The van der Waals surface area contributed by atoms with Crippen molar-refractivity contribution < 1.29 is 19.1 Å². The maximum atomic E-state index is 13.9. The Labute approximate surface area is 216 Å². The largest absolute Gasteiger partial charge is 0.493 e. The number of hydrogen-bond donors (Lipinski definition) is 2. The minimum Gasteiger partial charge on any atom is -0.493 e. The number of nitrogens with one attached hydrogen (secondary N) is 2. The molecule has 2 N–H and O–H groups in total. The molecule has 3 aromatic rings. The number of rotatable bonds is 8. The van der Waals surface area contributed by atoms with Crippen LogP contribution in [0, 0.1) is 13.8 Å². The number of aromatic amines is 1. The lowest BCUT2D eigenvalue weighted by atomic mass is 10.0. The van der Waals surface area contributed by atoms with Crippen LogP contribution >= 0.6 is 11.6 Å². The van der Waals surface area contributed by atoms with Crippen molar-refractivity contribution in [3.63, 3.8) is 0 Å². The summed E-state index contributed by atoms with van der Waals surface area (Å²) in [6.07, 6.45) is 2.35. The number of benzene rings is 2. The zero-order valence-electron chi connectivity index (χ0n) is 20.9. The van der Waals surface area contributed by atoms with Gasteiger partial charge in [-0.25, -0.2) is 0 Å². The smallest absolute Gasteiger partial charge is 0.254 e. The van der Waals surface area contributed by atoms with Crippen LogP contribution in [0.15, 0.2) is 48.0 Å². The van der Waals surface area contributed by atoms with Gasteiger partial charge < -0.3 is 24.7 Å². The first-order chi connectivity index (χ1) is 17.3. The normalized spacial score (nSPS) is 15.8. The minimum absolute atomic E-state index is 0.126. The predicted molar refractivity (Wildman–Crippen MR) is 142 cm³/mol. The van der Waals surface area contributed by atoms with Crippen LogP contribution in [0.1, 0.15) is 46.4 Å². The van der Waals surface area contributed by atoms with Gasteiger partial charge in [0.15, 0.2) is 11.5 Å². The topological polar surface area (TPSA) is 83.7 Å². The summed E-state index contributed by atoms with van der Waals surface area (Å²) < 4.78 is 11.2. The Bertz CT molecular complexity index is 1300. The lowest BCUT2D eigenvalue weighted by Gasteiger charge is -2.30. The molecule has 1 aliphatic rings. The number of fused-ring (bicyclic) bond motifs is 1. The molecule has 0 spiro atoms. The van der Waals surface area contributed by atoms with E-state index in [0.717, 1.165) is 40.6 Å². The van der Waals surface area contributed by atoms with Crippen molar-refractivity contribution in [3.8, 4) is 11.5 Å². The van der Waals surface area contributed by atoms with Crippen LogP contribution in [-0.4, -0.2) is 48.0 Å². The third-order valence-electron chi connectivity index (χ3n) is 6.66. The standard InChI is InChI=1S/C28H32ClN3O4/c1-17(29)16-36-26-13-20(8-11-25(26)35-4)15-32(24-7-5-6-12-30-27(24)33)28(34)21-9-10-23-22(14-21)18(2)19(3)31-23/h8-11,13-14,24,31H,1,5-7,12,15-16H2,2-4H3,(H,30,33)/t24-/m0/s1. The predicted octanol–water partition coefficient (Wildman–Crippen LogP) is 5.24. The van der Waals surface area contributed by atoms with Gasteiger partial charge in [0.25, 0.3) is 5.91 Å². The highest BCUT2D eigenvalue weighted by Gasteiger charge is 2.32. The molecule has 2 aromatic carbocycles. The molecule has 190 valence electrons. The second-order valence-corrected chi connectivity index (χ2v) is 9.70. The lowest BCUT2D eigenvalue weighted by molar-refractivity contribution is -0.125. The molecule has 1 saturated heterocycles. The van der Waals surface area contributed by atoms with E-state index in [1.807, 2.05) is 44.2 Å². The maximum absolute atomic E-state index is 13.9. The number of hydrogen-bond acceptors (Lipinski definition) is 4. The third-order valence-corrected chi connectivity index (χ3v) is 6.77. The highest BCUT2D eigenvalue weighted by molar-refractivity contribution is 6.29. The quantitative estimate of drug-likeness (QED) is 0.435. The summed E-state index contributed by atoms with van der Waals surface area (Å²) in [4.78, 5) is 32.0. The molecule has 7 nitrogen and oxygen atoms in total. The molecular weight excluding hydrogens is 478 g/mol. The van der Waals surface area contributed by atoms with Crippen molar-refractivity contribution in [1.29, 1.82) is 0 Å². The van der Waals surface area contributed by atoms with Crippen LogP contribution in [0.4, 0.5) is 0 Å². The number of carbonyl (C=O) groups is 2. The van der Waals surface area contributed by atoms with Gasteiger partial charge in [-0.1, -0.05) is 24.2 Å². The molecule has 0 bridgehead atoms. The van der Waals surface area contributed by atoms with Crippen molar-refractivity contribution >= 4 is 34.3 Å². The van der Waals surface area contributed by atoms with Crippen LogP contribution in [-0.2, 0) is 11.3 Å². The van der Waals surface area contributed by atoms with E-state index >= 15 is 0 Å². The van der Waals surface area contributed by atoms with E-state index in [-0.39, 0.29) is 25.0 Å². The van der Waals surface area contributed by atoms with Crippen molar-refractivity contribution in [2.45, 2.75) is 45.7 Å². The number of ether oxygens (including phenoxy) is 2. The van der Waals surface area contributed by atoms with Crippen molar-refractivity contribution in [3.05, 3.63) is 70.4 Å². The van der Waals surface area contributed by atoms with Gasteiger partial charge in [-0.3, -0.25) is 9.59 Å². The summed E-state index contributed by atoms with van der Waals surface area (Å²) in [6, 6.07) is 10.6. The SMILES string of the molecule is C=C(Cl)COc1cc(CN(C(=O)c2ccc3[nH]c(C)c(C)c3c2)[C@H]2CCCCNC2=O)ccc1OC. The molecule has 2 heterocycles. The van der Waals surface area contributed by atoms with Crippen LogP contribution < -0.4 is 14.8 Å². The van der Waals surface area contributed by atoms with Crippen LogP contribution in [0.25, 0.3) is 10.9 Å². The van der Waals surface area contributed by atoms with Gasteiger partial charge in [0.2, 0.25) is 5.91 Å². The highest BCUT2D eigenvalue weighted by atomic mass is 35.5. The minimum atomic E-state index is -0.571. The number of carbonyl (C=O) groups excluding carboxylic acids is 2. The Morgan fingerprint density at radius 1 is 1.17 bits per heavy atom. The molecular formula is C28H32ClN3O4. The second kappa shape index (κ2) is 11.1. The first-order valence-corrected chi connectivity index (χ1v) is 12.5. The van der Waals surface area contributed by atoms with Crippen LogP contribution in [0.2, 0.25) is 0 Å². The van der Waals surface area contributed by atoms with Gasteiger partial charge in [-0.05, 0) is 74.6 Å². The Kier molecular flexibility index (Phi) is 7.89. The molecule has 4 rings (SSSR count). The van der Waals surface area contributed by atoms with Gasteiger partial charge in [0, 0.05) is 40.3 Å². The summed E-state index contributed by atoms with van der Waals surface area (Å²) in [6.45, 7) is 8.70. The number of methoxy groups -OCH3 is 1. The van der Waals surface area contributed by atoms with Crippen LogP contribution in [0.3, 0.4) is 0 Å². The molecule has 1 fully saturated rings. The zero-order valence-corrected chi connectivity index (χ0v) is 21.7.